The molecular weight excluding hydrogens is 432 g/mol. The molecule has 6 nitrogen and oxygen atoms in total. The molecule has 0 unspecified atom stereocenters. The van der Waals surface area contributed by atoms with Gasteiger partial charge in [-0.3, -0.25) is 9.69 Å². The topological polar surface area (TPSA) is 60.2 Å². The summed E-state index contributed by atoms with van der Waals surface area (Å²) in [6.07, 6.45) is 7.19. The first-order chi connectivity index (χ1) is 16.0. The molecule has 4 aromatic rings. The molecule has 33 heavy (non-hydrogen) atoms. The van der Waals surface area contributed by atoms with Gasteiger partial charge in [0.1, 0.15) is 5.75 Å². The van der Waals surface area contributed by atoms with Crippen molar-refractivity contribution in [2.75, 3.05) is 18.1 Å². The van der Waals surface area contributed by atoms with E-state index >= 15 is 0 Å². The number of fused-ring (bicyclic) bond motifs is 1. The van der Waals surface area contributed by atoms with E-state index in [4.69, 9.17) is 9.72 Å². The molecule has 0 bridgehead atoms. The van der Waals surface area contributed by atoms with Crippen molar-refractivity contribution in [2.24, 2.45) is 0 Å². The number of rotatable bonds is 10. The van der Waals surface area contributed by atoms with Crippen LogP contribution < -0.4 is 9.64 Å². The normalized spacial score (nSPS) is 11.3. The van der Waals surface area contributed by atoms with E-state index in [9.17, 15) is 4.79 Å². The second kappa shape index (κ2) is 10.6. The number of carbonyl (C=O) groups excluding carboxylic acids is 1. The maximum Gasteiger partial charge on any atom is 0.266 e. The zero-order valence-electron chi connectivity index (χ0n) is 19.4. The van der Waals surface area contributed by atoms with E-state index in [2.05, 4.69) is 44.0 Å². The maximum absolute atomic E-state index is 13.3. The highest BCUT2D eigenvalue weighted by molar-refractivity contribution is 7.22. The van der Waals surface area contributed by atoms with Crippen LogP contribution in [0.15, 0.2) is 61.2 Å². The fourth-order valence-electron chi connectivity index (χ4n) is 3.72. The first kappa shape index (κ1) is 23.0. The Bertz CT molecular complexity index is 1180. The zero-order valence-corrected chi connectivity index (χ0v) is 20.2. The van der Waals surface area contributed by atoms with Gasteiger partial charge in [0.2, 0.25) is 0 Å². The summed E-state index contributed by atoms with van der Waals surface area (Å²) in [5, 5.41) is 0.722. The molecule has 0 aliphatic carbocycles. The van der Waals surface area contributed by atoms with Crippen LogP contribution in [0.5, 0.6) is 5.75 Å². The van der Waals surface area contributed by atoms with Crippen molar-refractivity contribution >= 4 is 32.6 Å². The highest BCUT2D eigenvalue weighted by Crippen LogP contribution is 2.31. The van der Waals surface area contributed by atoms with E-state index in [1.807, 2.05) is 35.0 Å². The number of carbonyl (C=O) groups is 1. The molecule has 0 atom stereocenters. The average molecular weight is 463 g/mol. The van der Waals surface area contributed by atoms with Crippen LogP contribution in [-0.4, -0.2) is 33.6 Å². The van der Waals surface area contributed by atoms with Gasteiger partial charge in [0.15, 0.2) is 11.7 Å². The summed E-state index contributed by atoms with van der Waals surface area (Å²) in [6.45, 7) is 7.76. The second-order valence-electron chi connectivity index (χ2n) is 8.33. The van der Waals surface area contributed by atoms with Crippen LogP contribution in [0.4, 0.5) is 5.13 Å². The Labute approximate surface area is 198 Å². The molecule has 0 N–H and O–H groups in total. The Morgan fingerprint density at radius 1 is 1.18 bits per heavy atom. The Morgan fingerprint density at radius 2 is 2.00 bits per heavy atom. The van der Waals surface area contributed by atoms with Gasteiger partial charge in [-0.15, -0.1) is 0 Å². The largest absolute Gasteiger partial charge is 0.484 e. The lowest BCUT2D eigenvalue weighted by Gasteiger charge is -2.20. The molecule has 172 valence electrons. The number of ether oxygens (including phenoxy) is 1. The van der Waals surface area contributed by atoms with Crippen molar-refractivity contribution in [3.05, 3.63) is 72.3 Å². The monoisotopic (exact) mass is 462 g/mol. The van der Waals surface area contributed by atoms with Crippen LogP contribution >= 0.6 is 11.3 Å². The molecule has 7 heteroatoms. The number of hydrogen-bond acceptors (Lipinski definition) is 5. The number of aryl methyl sites for hydroxylation is 2. The molecule has 0 spiro atoms. The lowest BCUT2D eigenvalue weighted by molar-refractivity contribution is -0.120. The minimum atomic E-state index is -0.0920. The third-order valence-electron chi connectivity index (χ3n) is 5.67. The fourth-order valence-corrected chi connectivity index (χ4v) is 4.78. The van der Waals surface area contributed by atoms with Crippen LogP contribution in [0.2, 0.25) is 0 Å². The SMILES string of the molecule is CCc1cccc2sc(N(CCCn3ccnc3)C(=O)COc3ccc(C(C)C)cc3)nc12. The zero-order chi connectivity index (χ0) is 23.2. The number of aromatic nitrogens is 3. The first-order valence-corrected chi connectivity index (χ1v) is 12.2. The number of hydrogen-bond donors (Lipinski definition) is 0. The number of thiazole rings is 1. The van der Waals surface area contributed by atoms with Gasteiger partial charge in [0.25, 0.3) is 5.91 Å². The van der Waals surface area contributed by atoms with Gasteiger partial charge in [0, 0.05) is 25.5 Å². The molecular formula is C26H30N4O2S. The number of nitrogens with zero attached hydrogens (tertiary/aromatic N) is 4. The summed E-state index contributed by atoms with van der Waals surface area (Å²) in [7, 11) is 0. The Balaban J connectivity index is 1.50. The van der Waals surface area contributed by atoms with Gasteiger partial charge >= 0.3 is 0 Å². The predicted octanol–water partition coefficient (Wildman–Crippen LogP) is 5.68. The van der Waals surface area contributed by atoms with Gasteiger partial charge < -0.3 is 9.30 Å². The number of imidazole rings is 1. The molecule has 4 rings (SSSR count). The van der Waals surface area contributed by atoms with E-state index in [1.54, 1.807) is 28.8 Å². The Hall–Kier alpha value is -3.19. The van der Waals surface area contributed by atoms with E-state index in [0.717, 1.165) is 34.7 Å². The number of anilines is 1. The number of para-hydroxylation sites is 1. The molecule has 0 saturated carbocycles. The van der Waals surface area contributed by atoms with E-state index in [-0.39, 0.29) is 12.5 Å². The molecule has 2 aromatic carbocycles. The van der Waals surface area contributed by atoms with Crippen molar-refractivity contribution in [3.63, 3.8) is 0 Å². The molecule has 0 aliphatic heterocycles. The van der Waals surface area contributed by atoms with Gasteiger partial charge in [0.05, 0.1) is 16.5 Å². The fraction of sp³-hybridized carbons (Fsp3) is 0.346. The van der Waals surface area contributed by atoms with Gasteiger partial charge in [-0.05, 0) is 48.1 Å². The van der Waals surface area contributed by atoms with Gasteiger partial charge in [-0.1, -0.05) is 56.4 Å². The minimum absolute atomic E-state index is 0.0251. The summed E-state index contributed by atoms with van der Waals surface area (Å²) in [6, 6.07) is 14.2. The van der Waals surface area contributed by atoms with Crippen LogP contribution in [0.25, 0.3) is 10.2 Å². The summed E-state index contributed by atoms with van der Waals surface area (Å²) in [5.41, 5.74) is 3.43. The van der Waals surface area contributed by atoms with E-state index < -0.39 is 0 Å². The third-order valence-corrected chi connectivity index (χ3v) is 6.71. The van der Waals surface area contributed by atoms with Crippen LogP contribution in [0.3, 0.4) is 0 Å². The second-order valence-corrected chi connectivity index (χ2v) is 9.33. The van der Waals surface area contributed by atoms with Crippen molar-refractivity contribution in [3.8, 4) is 5.75 Å². The van der Waals surface area contributed by atoms with Crippen molar-refractivity contribution < 1.29 is 9.53 Å². The molecule has 2 aromatic heterocycles. The van der Waals surface area contributed by atoms with Crippen LogP contribution in [0, 0.1) is 0 Å². The van der Waals surface area contributed by atoms with E-state index in [1.165, 1.54) is 11.1 Å². The summed E-state index contributed by atoms with van der Waals surface area (Å²) in [5.74, 6) is 1.06. The summed E-state index contributed by atoms with van der Waals surface area (Å²) >= 11 is 1.56. The standard InChI is InChI=1S/C26H30N4O2S/c1-4-20-7-5-8-23-25(20)28-26(33-23)30(15-6-14-29-16-13-27-18-29)24(31)17-32-22-11-9-21(10-12-22)19(2)3/h5,7-13,16,18-19H,4,6,14-15,17H2,1-3H3. The lowest BCUT2D eigenvalue weighted by Crippen LogP contribution is -2.36. The van der Waals surface area contributed by atoms with E-state index in [0.29, 0.717) is 18.2 Å². The van der Waals surface area contributed by atoms with Crippen molar-refractivity contribution in [1.82, 2.24) is 14.5 Å². The molecule has 0 radical (unpaired) electrons. The molecule has 0 saturated heterocycles. The highest BCUT2D eigenvalue weighted by Gasteiger charge is 2.21. The minimum Gasteiger partial charge on any atom is -0.484 e. The first-order valence-electron chi connectivity index (χ1n) is 11.4. The third kappa shape index (κ3) is 5.60. The summed E-state index contributed by atoms with van der Waals surface area (Å²) in [4.78, 5) is 24.0. The van der Waals surface area contributed by atoms with Crippen LogP contribution in [0.1, 0.15) is 44.2 Å². The highest BCUT2D eigenvalue weighted by atomic mass is 32.1. The lowest BCUT2D eigenvalue weighted by atomic mass is 10.0. The number of amides is 1. The van der Waals surface area contributed by atoms with Gasteiger partial charge in [-0.25, -0.2) is 9.97 Å². The quantitative estimate of drug-likeness (QED) is 0.304. The Kier molecular flexibility index (Phi) is 7.40. The Morgan fingerprint density at radius 3 is 2.70 bits per heavy atom. The molecule has 1 amide bonds. The molecule has 2 heterocycles. The summed E-state index contributed by atoms with van der Waals surface area (Å²) < 4.78 is 8.96. The molecule has 0 aliphatic rings. The van der Waals surface area contributed by atoms with Crippen molar-refractivity contribution in [2.45, 2.75) is 46.1 Å². The smallest absolute Gasteiger partial charge is 0.266 e. The van der Waals surface area contributed by atoms with Gasteiger partial charge in [-0.2, -0.15) is 0 Å². The molecule has 0 fully saturated rings. The van der Waals surface area contributed by atoms with Crippen LogP contribution in [-0.2, 0) is 17.8 Å². The number of benzene rings is 2. The maximum atomic E-state index is 13.3. The average Bonchev–Trinajstić information content (AvgIpc) is 3.50. The predicted molar refractivity (Wildman–Crippen MR) is 134 cm³/mol. The van der Waals surface area contributed by atoms with Crippen molar-refractivity contribution in [1.29, 1.82) is 0 Å².